The fourth-order valence-corrected chi connectivity index (χ4v) is 2.17. The van der Waals surface area contributed by atoms with Gasteiger partial charge in [0.25, 0.3) is 5.91 Å². The third kappa shape index (κ3) is 5.21. The van der Waals surface area contributed by atoms with E-state index in [2.05, 4.69) is 27.5 Å². The average molecular weight is 333 g/mol. The van der Waals surface area contributed by atoms with E-state index in [9.17, 15) is 4.79 Å². The van der Waals surface area contributed by atoms with E-state index < -0.39 is 0 Å². The Morgan fingerprint density at radius 3 is 2.61 bits per heavy atom. The second-order valence-corrected chi connectivity index (χ2v) is 5.75. The number of aryl methyl sites for hydroxylation is 1. The largest absolute Gasteiger partial charge is 0.354 e. The predicted octanol–water partition coefficient (Wildman–Crippen LogP) is 4.29. The molecule has 6 heteroatoms. The fraction of sp³-hybridized carbons (Fsp3) is 0.353. The van der Waals surface area contributed by atoms with E-state index in [1.54, 1.807) is 6.07 Å². The van der Waals surface area contributed by atoms with E-state index in [1.165, 1.54) is 25.2 Å². The molecule has 0 saturated carbocycles. The van der Waals surface area contributed by atoms with Gasteiger partial charge in [0.05, 0.1) is 5.56 Å². The molecule has 2 N–H and O–H groups in total. The molecule has 0 fully saturated rings. The van der Waals surface area contributed by atoms with Crippen LogP contribution in [-0.2, 0) is 0 Å². The molecule has 0 aliphatic heterocycles. The SMILES string of the molecule is CCCCCNc1ncc(C(=O)Nc2ccc(C)c(Cl)c2)cn1. The van der Waals surface area contributed by atoms with Gasteiger partial charge in [-0.1, -0.05) is 37.4 Å². The minimum Gasteiger partial charge on any atom is -0.354 e. The lowest BCUT2D eigenvalue weighted by Gasteiger charge is -2.07. The summed E-state index contributed by atoms with van der Waals surface area (Å²) in [6, 6.07) is 5.39. The van der Waals surface area contributed by atoms with E-state index in [0.717, 1.165) is 18.5 Å². The number of rotatable bonds is 7. The maximum Gasteiger partial charge on any atom is 0.258 e. The minimum absolute atomic E-state index is 0.262. The summed E-state index contributed by atoms with van der Waals surface area (Å²) >= 11 is 6.05. The maximum absolute atomic E-state index is 12.2. The Morgan fingerprint density at radius 1 is 1.22 bits per heavy atom. The Bertz CT molecular complexity index is 658. The molecule has 2 rings (SSSR count). The molecule has 0 aliphatic carbocycles. The molecule has 0 bridgehead atoms. The van der Waals surface area contributed by atoms with Crippen molar-refractivity contribution in [2.75, 3.05) is 17.2 Å². The van der Waals surface area contributed by atoms with Gasteiger partial charge in [0.1, 0.15) is 0 Å². The number of nitrogens with one attached hydrogen (secondary N) is 2. The predicted molar refractivity (Wildman–Crippen MR) is 94.2 cm³/mol. The van der Waals surface area contributed by atoms with Crippen molar-refractivity contribution in [1.29, 1.82) is 0 Å². The first-order valence-corrected chi connectivity index (χ1v) is 8.11. The first kappa shape index (κ1) is 17.2. The Labute approximate surface area is 141 Å². The lowest BCUT2D eigenvalue weighted by molar-refractivity contribution is 0.102. The number of carbonyl (C=O) groups is 1. The summed E-state index contributed by atoms with van der Waals surface area (Å²) in [4.78, 5) is 20.5. The van der Waals surface area contributed by atoms with Crippen molar-refractivity contribution in [2.24, 2.45) is 0 Å². The smallest absolute Gasteiger partial charge is 0.258 e. The van der Waals surface area contributed by atoms with Crippen molar-refractivity contribution < 1.29 is 4.79 Å². The Balaban J connectivity index is 1.93. The van der Waals surface area contributed by atoms with Gasteiger partial charge in [0.2, 0.25) is 5.95 Å². The van der Waals surface area contributed by atoms with Crippen molar-refractivity contribution >= 4 is 29.1 Å². The van der Waals surface area contributed by atoms with Crippen molar-refractivity contribution in [3.63, 3.8) is 0 Å². The molecule has 1 aromatic heterocycles. The van der Waals surface area contributed by atoms with Gasteiger partial charge in [0.15, 0.2) is 0 Å². The summed E-state index contributed by atoms with van der Waals surface area (Å²) in [7, 11) is 0. The third-order valence-electron chi connectivity index (χ3n) is 3.41. The number of hydrogen-bond donors (Lipinski definition) is 2. The van der Waals surface area contributed by atoms with Gasteiger partial charge in [-0.2, -0.15) is 0 Å². The number of nitrogens with zero attached hydrogens (tertiary/aromatic N) is 2. The summed E-state index contributed by atoms with van der Waals surface area (Å²) in [5.74, 6) is 0.276. The van der Waals surface area contributed by atoms with Gasteiger partial charge in [-0.15, -0.1) is 0 Å². The lowest BCUT2D eigenvalue weighted by atomic mass is 10.2. The van der Waals surface area contributed by atoms with Gasteiger partial charge in [0, 0.05) is 29.6 Å². The zero-order chi connectivity index (χ0) is 16.7. The first-order valence-electron chi connectivity index (χ1n) is 7.73. The quantitative estimate of drug-likeness (QED) is 0.742. The highest BCUT2D eigenvalue weighted by molar-refractivity contribution is 6.31. The molecule has 0 aliphatic rings. The highest BCUT2D eigenvalue weighted by Crippen LogP contribution is 2.20. The fourth-order valence-electron chi connectivity index (χ4n) is 1.99. The van der Waals surface area contributed by atoms with Crippen LogP contribution in [-0.4, -0.2) is 22.4 Å². The van der Waals surface area contributed by atoms with Gasteiger partial charge in [-0.05, 0) is 31.0 Å². The zero-order valence-electron chi connectivity index (χ0n) is 13.4. The van der Waals surface area contributed by atoms with Crippen molar-refractivity contribution in [1.82, 2.24) is 9.97 Å². The van der Waals surface area contributed by atoms with Crippen molar-refractivity contribution in [2.45, 2.75) is 33.1 Å². The Kier molecular flexibility index (Phi) is 6.35. The van der Waals surface area contributed by atoms with Gasteiger partial charge in [-0.3, -0.25) is 4.79 Å². The van der Waals surface area contributed by atoms with Crippen LogP contribution >= 0.6 is 11.6 Å². The van der Waals surface area contributed by atoms with E-state index >= 15 is 0 Å². The van der Waals surface area contributed by atoms with Crippen molar-refractivity contribution in [3.8, 4) is 0 Å². The summed E-state index contributed by atoms with van der Waals surface area (Å²) in [5.41, 5.74) is 2.01. The van der Waals surface area contributed by atoms with Crippen molar-refractivity contribution in [3.05, 3.63) is 46.7 Å². The second kappa shape index (κ2) is 8.48. The van der Waals surface area contributed by atoms with Gasteiger partial charge >= 0.3 is 0 Å². The molecular formula is C17H21ClN4O. The number of unbranched alkanes of at least 4 members (excludes halogenated alkanes) is 2. The third-order valence-corrected chi connectivity index (χ3v) is 3.81. The van der Waals surface area contributed by atoms with Crippen LogP contribution in [0.2, 0.25) is 5.02 Å². The van der Waals surface area contributed by atoms with E-state index in [1.807, 2.05) is 19.1 Å². The van der Waals surface area contributed by atoms with Crippen LogP contribution in [0.4, 0.5) is 11.6 Å². The first-order chi connectivity index (χ1) is 11.1. The van der Waals surface area contributed by atoms with Crippen LogP contribution in [0.1, 0.15) is 42.1 Å². The second-order valence-electron chi connectivity index (χ2n) is 5.35. The van der Waals surface area contributed by atoms with Crippen LogP contribution in [0.3, 0.4) is 0 Å². The molecule has 0 spiro atoms. The number of aromatic nitrogens is 2. The molecule has 1 heterocycles. The summed E-state index contributed by atoms with van der Waals surface area (Å²) in [6.45, 7) is 4.90. The average Bonchev–Trinajstić information content (AvgIpc) is 2.55. The lowest BCUT2D eigenvalue weighted by Crippen LogP contribution is -2.13. The molecule has 0 atom stereocenters. The highest BCUT2D eigenvalue weighted by atomic mass is 35.5. The van der Waals surface area contributed by atoms with E-state index in [4.69, 9.17) is 11.6 Å². The number of anilines is 2. The Morgan fingerprint density at radius 2 is 1.96 bits per heavy atom. The van der Waals surface area contributed by atoms with Crippen LogP contribution in [0.5, 0.6) is 0 Å². The van der Waals surface area contributed by atoms with Crippen LogP contribution < -0.4 is 10.6 Å². The molecule has 122 valence electrons. The van der Waals surface area contributed by atoms with E-state index in [0.29, 0.717) is 22.2 Å². The van der Waals surface area contributed by atoms with Crippen LogP contribution in [0.15, 0.2) is 30.6 Å². The van der Waals surface area contributed by atoms with E-state index in [-0.39, 0.29) is 5.91 Å². The standard InChI is InChI=1S/C17H21ClN4O/c1-3-4-5-8-19-17-20-10-13(11-21-17)16(23)22-14-7-6-12(2)15(18)9-14/h6-7,9-11H,3-5,8H2,1-2H3,(H,22,23)(H,19,20,21). The summed E-state index contributed by atoms with van der Waals surface area (Å²) in [6.07, 6.45) is 6.45. The minimum atomic E-state index is -0.262. The number of benzene rings is 1. The monoisotopic (exact) mass is 332 g/mol. The normalized spacial score (nSPS) is 10.4. The van der Waals surface area contributed by atoms with Gasteiger partial charge in [-0.25, -0.2) is 9.97 Å². The molecule has 0 radical (unpaired) electrons. The summed E-state index contributed by atoms with van der Waals surface area (Å²) < 4.78 is 0. The zero-order valence-corrected chi connectivity index (χ0v) is 14.2. The molecule has 2 aromatic rings. The maximum atomic E-state index is 12.2. The Hall–Kier alpha value is -2.14. The molecule has 5 nitrogen and oxygen atoms in total. The molecule has 0 unspecified atom stereocenters. The number of amides is 1. The number of carbonyl (C=O) groups excluding carboxylic acids is 1. The molecule has 1 aromatic carbocycles. The van der Waals surface area contributed by atoms with Crippen LogP contribution in [0.25, 0.3) is 0 Å². The topological polar surface area (TPSA) is 66.9 Å². The van der Waals surface area contributed by atoms with Crippen LogP contribution in [0, 0.1) is 6.92 Å². The highest BCUT2D eigenvalue weighted by Gasteiger charge is 2.08. The molecule has 23 heavy (non-hydrogen) atoms. The molecule has 1 amide bonds. The molecule has 0 saturated heterocycles. The number of hydrogen-bond acceptors (Lipinski definition) is 4. The number of halogens is 1. The summed E-state index contributed by atoms with van der Waals surface area (Å²) in [5, 5.41) is 6.54. The van der Waals surface area contributed by atoms with Gasteiger partial charge < -0.3 is 10.6 Å². The molecular weight excluding hydrogens is 312 g/mol.